The summed E-state index contributed by atoms with van der Waals surface area (Å²) in [7, 11) is 0. The average Bonchev–Trinajstić information content (AvgIpc) is 3.32. The van der Waals surface area contributed by atoms with E-state index in [9.17, 15) is 9.59 Å². The third kappa shape index (κ3) is 4.22. The van der Waals surface area contributed by atoms with E-state index in [0.717, 1.165) is 53.9 Å². The number of aryl methyl sites for hydroxylation is 1. The number of para-hydroxylation sites is 2. The lowest BCUT2D eigenvalue weighted by Gasteiger charge is -2.16. The molecule has 1 fully saturated rings. The summed E-state index contributed by atoms with van der Waals surface area (Å²) in [5, 5.41) is 2.96. The first kappa shape index (κ1) is 18.2. The van der Waals surface area contributed by atoms with Crippen molar-refractivity contribution in [2.75, 3.05) is 11.4 Å². The predicted octanol–water partition coefficient (Wildman–Crippen LogP) is 3.33. The fraction of sp³-hybridized carbons (Fsp3) is 0.318. The van der Waals surface area contributed by atoms with Crippen LogP contribution in [0.15, 0.2) is 48.5 Å². The van der Waals surface area contributed by atoms with E-state index < -0.39 is 0 Å². The van der Waals surface area contributed by atoms with Gasteiger partial charge in [0.1, 0.15) is 5.82 Å². The second kappa shape index (κ2) is 8.25. The quantitative estimate of drug-likeness (QED) is 0.664. The summed E-state index contributed by atoms with van der Waals surface area (Å²) >= 11 is 0. The highest BCUT2D eigenvalue weighted by molar-refractivity contribution is 5.95. The van der Waals surface area contributed by atoms with Gasteiger partial charge in [0.15, 0.2) is 0 Å². The number of fused-ring (bicyclic) bond motifs is 1. The van der Waals surface area contributed by atoms with Crippen LogP contribution >= 0.6 is 0 Å². The summed E-state index contributed by atoms with van der Waals surface area (Å²) < 4.78 is 0. The largest absolute Gasteiger partial charge is 0.352 e. The van der Waals surface area contributed by atoms with Crippen LogP contribution in [0.3, 0.4) is 0 Å². The van der Waals surface area contributed by atoms with Crippen molar-refractivity contribution in [3.05, 3.63) is 59.9 Å². The lowest BCUT2D eigenvalue weighted by Crippen LogP contribution is -2.24. The second-order valence-electron chi connectivity index (χ2n) is 7.15. The molecule has 144 valence electrons. The first-order chi connectivity index (χ1) is 13.7. The summed E-state index contributed by atoms with van der Waals surface area (Å²) in [5.41, 5.74) is 3.95. The summed E-state index contributed by atoms with van der Waals surface area (Å²) in [6, 6.07) is 15.8. The number of carbonyl (C=O) groups excluding carboxylic acids is 2. The number of aromatic amines is 1. The highest BCUT2D eigenvalue weighted by Gasteiger charge is 2.21. The van der Waals surface area contributed by atoms with Crippen molar-refractivity contribution >= 4 is 28.5 Å². The van der Waals surface area contributed by atoms with Crippen molar-refractivity contribution in [1.29, 1.82) is 0 Å². The summed E-state index contributed by atoms with van der Waals surface area (Å²) in [6.45, 7) is 1.29. The number of imidazole rings is 1. The first-order valence-electron chi connectivity index (χ1n) is 9.79. The Balaban J connectivity index is 1.21. The molecule has 1 saturated heterocycles. The number of hydrogen-bond donors (Lipinski definition) is 2. The van der Waals surface area contributed by atoms with E-state index in [1.807, 2.05) is 53.4 Å². The normalized spacial score (nSPS) is 14.0. The molecule has 0 bridgehead atoms. The molecule has 2 N–H and O–H groups in total. The Morgan fingerprint density at radius 1 is 1.14 bits per heavy atom. The van der Waals surface area contributed by atoms with Crippen LogP contribution in [0.25, 0.3) is 11.0 Å². The SMILES string of the molecule is O=C(CCCc1nc2ccccc2[nH]1)NCc1ccc(N2CCCC2=O)cc1. The average molecular weight is 376 g/mol. The molecule has 2 heterocycles. The molecule has 28 heavy (non-hydrogen) atoms. The smallest absolute Gasteiger partial charge is 0.227 e. The number of rotatable bonds is 7. The topological polar surface area (TPSA) is 78.1 Å². The van der Waals surface area contributed by atoms with Crippen molar-refractivity contribution in [3.63, 3.8) is 0 Å². The summed E-state index contributed by atoms with van der Waals surface area (Å²) in [6.07, 6.45) is 3.52. The Labute approximate surface area is 164 Å². The molecule has 4 rings (SSSR count). The Bertz CT molecular complexity index is 945. The zero-order chi connectivity index (χ0) is 19.3. The molecule has 6 heteroatoms. The molecule has 3 aromatic rings. The van der Waals surface area contributed by atoms with Crippen molar-refractivity contribution in [3.8, 4) is 0 Å². The number of benzene rings is 2. The van der Waals surface area contributed by atoms with Gasteiger partial charge < -0.3 is 15.2 Å². The van der Waals surface area contributed by atoms with Gasteiger partial charge in [-0.3, -0.25) is 9.59 Å². The van der Waals surface area contributed by atoms with Crippen LogP contribution in [-0.4, -0.2) is 28.3 Å². The standard InChI is InChI=1S/C22H24N4O2/c27-21(8-3-7-20-24-18-5-1-2-6-19(18)25-20)23-15-16-10-12-17(13-11-16)26-14-4-9-22(26)28/h1-2,5-6,10-13H,3-4,7-9,14-15H2,(H,23,27)(H,24,25). The Morgan fingerprint density at radius 2 is 1.96 bits per heavy atom. The number of aromatic nitrogens is 2. The Hall–Kier alpha value is -3.15. The molecule has 0 radical (unpaired) electrons. The highest BCUT2D eigenvalue weighted by Crippen LogP contribution is 2.21. The fourth-order valence-electron chi connectivity index (χ4n) is 3.54. The van der Waals surface area contributed by atoms with E-state index in [4.69, 9.17) is 0 Å². The molecule has 0 saturated carbocycles. The zero-order valence-electron chi connectivity index (χ0n) is 15.8. The van der Waals surface area contributed by atoms with Crippen LogP contribution in [0.2, 0.25) is 0 Å². The Kier molecular flexibility index (Phi) is 5.37. The predicted molar refractivity (Wildman–Crippen MR) is 109 cm³/mol. The van der Waals surface area contributed by atoms with Crippen LogP contribution in [-0.2, 0) is 22.6 Å². The van der Waals surface area contributed by atoms with Crippen molar-refractivity contribution in [2.45, 2.75) is 38.6 Å². The number of hydrogen-bond acceptors (Lipinski definition) is 3. The van der Waals surface area contributed by atoms with Crippen LogP contribution < -0.4 is 10.2 Å². The van der Waals surface area contributed by atoms with Crippen LogP contribution in [0, 0.1) is 0 Å². The van der Waals surface area contributed by atoms with Gasteiger partial charge in [0.2, 0.25) is 11.8 Å². The molecule has 1 aliphatic heterocycles. The molecule has 0 atom stereocenters. The van der Waals surface area contributed by atoms with Gasteiger partial charge in [-0.2, -0.15) is 0 Å². The van der Waals surface area contributed by atoms with E-state index >= 15 is 0 Å². The number of nitrogens with zero attached hydrogens (tertiary/aromatic N) is 2. The van der Waals surface area contributed by atoms with E-state index in [1.54, 1.807) is 0 Å². The van der Waals surface area contributed by atoms with Gasteiger partial charge in [0.25, 0.3) is 0 Å². The third-order valence-electron chi connectivity index (χ3n) is 5.07. The maximum absolute atomic E-state index is 12.1. The summed E-state index contributed by atoms with van der Waals surface area (Å²) in [5.74, 6) is 1.14. The van der Waals surface area contributed by atoms with Crippen molar-refractivity contribution < 1.29 is 9.59 Å². The maximum atomic E-state index is 12.1. The van der Waals surface area contributed by atoms with E-state index in [0.29, 0.717) is 19.4 Å². The monoisotopic (exact) mass is 376 g/mol. The maximum Gasteiger partial charge on any atom is 0.227 e. The van der Waals surface area contributed by atoms with Gasteiger partial charge in [0.05, 0.1) is 11.0 Å². The number of carbonyl (C=O) groups is 2. The third-order valence-corrected chi connectivity index (χ3v) is 5.07. The van der Waals surface area contributed by atoms with Gasteiger partial charge >= 0.3 is 0 Å². The van der Waals surface area contributed by atoms with Crippen LogP contribution in [0.4, 0.5) is 5.69 Å². The zero-order valence-corrected chi connectivity index (χ0v) is 15.8. The Morgan fingerprint density at radius 3 is 2.71 bits per heavy atom. The molecule has 1 aliphatic rings. The van der Waals surface area contributed by atoms with Crippen molar-refractivity contribution in [2.24, 2.45) is 0 Å². The molecule has 1 aromatic heterocycles. The number of anilines is 1. The molecule has 0 unspecified atom stereocenters. The van der Waals surface area contributed by atoms with Gasteiger partial charge in [0, 0.05) is 38.0 Å². The molecule has 0 aliphatic carbocycles. The lowest BCUT2D eigenvalue weighted by molar-refractivity contribution is -0.121. The molecule has 2 aromatic carbocycles. The molecule has 2 amide bonds. The van der Waals surface area contributed by atoms with Crippen LogP contribution in [0.1, 0.15) is 37.1 Å². The molecular weight excluding hydrogens is 352 g/mol. The minimum atomic E-state index is 0.0370. The van der Waals surface area contributed by atoms with E-state index in [-0.39, 0.29) is 11.8 Å². The van der Waals surface area contributed by atoms with Gasteiger partial charge in [-0.05, 0) is 42.7 Å². The molecule has 6 nitrogen and oxygen atoms in total. The van der Waals surface area contributed by atoms with E-state index in [1.165, 1.54) is 0 Å². The first-order valence-corrected chi connectivity index (χ1v) is 9.79. The number of H-pyrrole nitrogens is 1. The molecule has 0 spiro atoms. The van der Waals surface area contributed by atoms with Crippen molar-refractivity contribution in [1.82, 2.24) is 15.3 Å². The second-order valence-corrected chi connectivity index (χ2v) is 7.15. The van der Waals surface area contributed by atoms with Gasteiger partial charge in [-0.15, -0.1) is 0 Å². The highest BCUT2D eigenvalue weighted by atomic mass is 16.2. The minimum absolute atomic E-state index is 0.0370. The summed E-state index contributed by atoms with van der Waals surface area (Å²) in [4.78, 5) is 33.5. The fourth-order valence-corrected chi connectivity index (χ4v) is 3.54. The molecular formula is C22H24N4O2. The van der Waals surface area contributed by atoms with E-state index in [2.05, 4.69) is 15.3 Å². The minimum Gasteiger partial charge on any atom is -0.352 e. The number of nitrogens with one attached hydrogen (secondary N) is 2. The van der Waals surface area contributed by atoms with Gasteiger partial charge in [-0.1, -0.05) is 24.3 Å². The van der Waals surface area contributed by atoms with Crippen LogP contribution in [0.5, 0.6) is 0 Å². The lowest BCUT2D eigenvalue weighted by atomic mass is 10.2. The number of amides is 2. The van der Waals surface area contributed by atoms with Gasteiger partial charge in [-0.25, -0.2) is 4.98 Å².